The Bertz CT molecular complexity index is 376. The molecule has 0 bridgehead atoms. The van der Waals surface area contributed by atoms with Gasteiger partial charge in [0.1, 0.15) is 5.75 Å². The van der Waals surface area contributed by atoms with Crippen LogP contribution in [0.15, 0.2) is 24.3 Å². The van der Waals surface area contributed by atoms with Crippen LogP contribution < -0.4 is 10.1 Å². The summed E-state index contributed by atoms with van der Waals surface area (Å²) in [5.74, 6) is 0.923. The van der Waals surface area contributed by atoms with Crippen LogP contribution >= 0.6 is 0 Å². The molecule has 1 aromatic carbocycles. The van der Waals surface area contributed by atoms with Gasteiger partial charge >= 0.3 is 0 Å². The highest BCUT2D eigenvalue weighted by molar-refractivity contribution is 5.31. The van der Waals surface area contributed by atoms with E-state index in [1.165, 1.54) is 5.56 Å². The van der Waals surface area contributed by atoms with Crippen LogP contribution in [0.1, 0.15) is 58.6 Å². The molecule has 0 spiro atoms. The third-order valence-electron chi connectivity index (χ3n) is 4.25. The van der Waals surface area contributed by atoms with E-state index in [1.54, 1.807) is 0 Å². The molecular weight excluding hydrogens is 262 g/mol. The number of hydrogen-bond donors (Lipinski definition) is 1. The number of nitrogens with one attached hydrogen (secondary N) is 1. The van der Waals surface area contributed by atoms with Crippen molar-refractivity contribution < 1.29 is 9.47 Å². The second-order valence-electron chi connectivity index (χ2n) is 5.37. The van der Waals surface area contributed by atoms with E-state index >= 15 is 0 Å². The monoisotopic (exact) mass is 293 g/mol. The van der Waals surface area contributed by atoms with Gasteiger partial charge in [0.25, 0.3) is 0 Å². The van der Waals surface area contributed by atoms with Gasteiger partial charge in [-0.3, -0.25) is 0 Å². The van der Waals surface area contributed by atoms with Gasteiger partial charge in [0.05, 0.1) is 18.2 Å². The Labute approximate surface area is 130 Å². The zero-order valence-electron chi connectivity index (χ0n) is 14.2. The van der Waals surface area contributed by atoms with Gasteiger partial charge in [-0.1, -0.05) is 32.9 Å². The lowest BCUT2D eigenvalue weighted by atomic mass is 9.83. The highest BCUT2D eigenvalue weighted by atomic mass is 16.5. The van der Waals surface area contributed by atoms with Crippen molar-refractivity contribution in [2.45, 2.75) is 58.6 Å². The van der Waals surface area contributed by atoms with E-state index in [4.69, 9.17) is 9.47 Å². The zero-order valence-corrected chi connectivity index (χ0v) is 14.2. The summed E-state index contributed by atoms with van der Waals surface area (Å²) in [4.78, 5) is 0. The summed E-state index contributed by atoms with van der Waals surface area (Å²) in [6, 6.07) is 8.60. The fraction of sp³-hybridized carbons (Fsp3) is 0.667. The Morgan fingerprint density at radius 1 is 1.05 bits per heavy atom. The standard InChI is InChI=1S/C18H31NO2/c1-6-14-19-17(18(7-2,8-3)20-5)15-10-12-16(13-11-15)21-9-4/h10-13,17,19H,6-9,14H2,1-5H3. The molecule has 0 aliphatic heterocycles. The maximum Gasteiger partial charge on any atom is 0.119 e. The summed E-state index contributed by atoms with van der Waals surface area (Å²) in [5.41, 5.74) is 1.10. The van der Waals surface area contributed by atoms with Crippen molar-refractivity contribution in [1.29, 1.82) is 0 Å². The largest absolute Gasteiger partial charge is 0.494 e. The van der Waals surface area contributed by atoms with Crippen molar-refractivity contribution in [1.82, 2.24) is 5.32 Å². The molecule has 0 amide bonds. The molecule has 0 aliphatic carbocycles. The molecule has 3 nitrogen and oxygen atoms in total. The first kappa shape index (κ1) is 18.0. The second kappa shape index (κ2) is 9.06. The van der Waals surface area contributed by atoms with Crippen LogP contribution in [0, 0.1) is 0 Å². The lowest BCUT2D eigenvalue weighted by molar-refractivity contribution is -0.0485. The van der Waals surface area contributed by atoms with Crippen LogP contribution in [0.4, 0.5) is 0 Å². The Morgan fingerprint density at radius 2 is 1.67 bits per heavy atom. The van der Waals surface area contributed by atoms with E-state index in [0.717, 1.165) is 31.6 Å². The highest BCUT2D eigenvalue weighted by Crippen LogP contribution is 2.35. The van der Waals surface area contributed by atoms with Crippen LogP contribution in [0.2, 0.25) is 0 Å². The minimum absolute atomic E-state index is 0.164. The predicted octanol–water partition coefficient (Wildman–Crippen LogP) is 4.33. The SMILES string of the molecule is CCCNC(c1ccc(OCC)cc1)C(CC)(CC)OC. The van der Waals surface area contributed by atoms with E-state index in [-0.39, 0.29) is 11.6 Å². The van der Waals surface area contributed by atoms with Gasteiger partial charge in [-0.05, 0) is 50.4 Å². The smallest absolute Gasteiger partial charge is 0.119 e. The maximum absolute atomic E-state index is 5.93. The number of benzene rings is 1. The van der Waals surface area contributed by atoms with Gasteiger partial charge in [0.2, 0.25) is 0 Å². The van der Waals surface area contributed by atoms with E-state index in [0.29, 0.717) is 6.61 Å². The quantitative estimate of drug-likeness (QED) is 0.696. The molecule has 0 aliphatic rings. The first-order chi connectivity index (χ1) is 10.2. The lowest BCUT2D eigenvalue weighted by Gasteiger charge is -2.39. The Balaban J connectivity index is 3.05. The maximum atomic E-state index is 5.93. The van der Waals surface area contributed by atoms with E-state index in [9.17, 15) is 0 Å². The van der Waals surface area contributed by atoms with Crippen molar-refractivity contribution in [2.75, 3.05) is 20.3 Å². The third kappa shape index (κ3) is 4.45. The van der Waals surface area contributed by atoms with Crippen LogP contribution in [-0.2, 0) is 4.74 Å². The van der Waals surface area contributed by atoms with E-state index < -0.39 is 0 Å². The summed E-state index contributed by atoms with van der Waals surface area (Å²) >= 11 is 0. The van der Waals surface area contributed by atoms with Crippen LogP contribution in [0.25, 0.3) is 0 Å². The Hall–Kier alpha value is -1.06. The van der Waals surface area contributed by atoms with Crippen molar-refractivity contribution in [3.63, 3.8) is 0 Å². The minimum atomic E-state index is -0.164. The first-order valence-electron chi connectivity index (χ1n) is 8.18. The highest BCUT2D eigenvalue weighted by Gasteiger charge is 2.36. The summed E-state index contributed by atoms with van der Waals surface area (Å²) in [5, 5.41) is 3.67. The van der Waals surface area contributed by atoms with Gasteiger partial charge < -0.3 is 14.8 Å². The van der Waals surface area contributed by atoms with Gasteiger partial charge in [0.15, 0.2) is 0 Å². The molecule has 1 unspecified atom stereocenters. The molecule has 0 radical (unpaired) electrons. The summed E-state index contributed by atoms with van der Waals surface area (Å²) in [6.45, 7) is 10.3. The Morgan fingerprint density at radius 3 is 2.10 bits per heavy atom. The molecule has 0 aromatic heterocycles. The third-order valence-corrected chi connectivity index (χ3v) is 4.25. The number of ether oxygens (including phenoxy) is 2. The molecule has 3 heteroatoms. The fourth-order valence-corrected chi connectivity index (χ4v) is 2.88. The molecule has 120 valence electrons. The molecule has 0 saturated carbocycles. The molecule has 21 heavy (non-hydrogen) atoms. The molecule has 1 atom stereocenters. The summed E-state index contributed by atoms with van der Waals surface area (Å²) in [7, 11) is 1.82. The normalized spacial score (nSPS) is 13.2. The van der Waals surface area contributed by atoms with Crippen molar-refractivity contribution >= 4 is 0 Å². The van der Waals surface area contributed by atoms with Crippen LogP contribution in [-0.4, -0.2) is 25.9 Å². The number of methoxy groups -OCH3 is 1. The molecule has 0 fully saturated rings. The van der Waals surface area contributed by atoms with Crippen molar-refractivity contribution in [3.8, 4) is 5.75 Å². The molecule has 1 N–H and O–H groups in total. The average Bonchev–Trinajstić information content (AvgIpc) is 2.53. The van der Waals surface area contributed by atoms with Crippen molar-refractivity contribution in [3.05, 3.63) is 29.8 Å². The molecule has 0 heterocycles. The second-order valence-corrected chi connectivity index (χ2v) is 5.37. The molecule has 0 saturated heterocycles. The molecule has 1 rings (SSSR count). The van der Waals surface area contributed by atoms with E-state index in [2.05, 4.69) is 38.2 Å². The minimum Gasteiger partial charge on any atom is -0.494 e. The van der Waals surface area contributed by atoms with Crippen molar-refractivity contribution in [2.24, 2.45) is 0 Å². The predicted molar refractivity (Wildman–Crippen MR) is 89.0 cm³/mol. The van der Waals surface area contributed by atoms with Crippen LogP contribution in [0.5, 0.6) is 5.75 Å². The number of hydrogen-bond acceptors (Lipinski definition) is 3. The van der Waals surface area contributed by atoms with E-state index in [1.807, 2.05) is 26.2 Å². The first-order valence-corrected chi connectivity index (χ1v) is 8.18. The van der Waals surface area contributed by atoms with Crippen LogP contribution in [0.3, 0.4) is 0 Å². The van der Waals surface area contributed by atoms with Gasteiger partial charge in [-0.15, -0.1) is 0 Å². The van der Waals surface area contributed by atoms with Gasteiger partial charge in [0, 0.05) is 7.11 Å². The lowest BCUT2D eigenvalue weighted by Crippen LogP contribution is -2.45. The van der Waals surface area contributed by atoms with Gasteiger partial charge in [-0.25, -0.2) is 0 Å². The number of rotatable bonds is 10. The van der Waals surface area contributed by atoms with Gasteiger partial charge in [-0.2, -0.15) is 0 Å². The summed E-state index contributed by atoms with van der Waals surface area (Å²) < 4.78 is 11.5. The Kier molecular flexibility index (Phi) is 7.76. The average molecular weight is 293 g/mol. The molecular formula is C18H31NO2. The topological polar surface area (TPSA) is 30.5 Å². The summed E-state index contributed by atoms with van der Waals surface area (Å²) in [6.07, 6.45) is 3.07. The zero-order chi connectivity index (χ0) is 15.7. The fourth-order valence-electron chi connectivity index (χ4n) is 2.88. The molecule has 1 aromatic rings.